The van der Waals surface area contributed by atoms with Gasteiger partial charge in [-0.15, -0.1) is 0 Å². The van der Waals surface area contributed by atoms with E-state index in [0.717, 1.165) is 73.5 Å². The highest BCUT2D eigenvalue weighted by Gasteiger charge is 2.26. The van der Waals surface area contributed by atoms with Gasteiger partial charge in [-0.3, -0.25) is 9.97 Å². The van der Waals surface area contributed by atoms with Crippen LogP contribution in [0, 0.1) is 20.8 Å². The number of rotatable bonds is 6. The van der Waals surface area contributed by atoms with Crippen LogP contribution in [0.5, 0.6) is 11.5 Å². The maximum absolute atomic E-state index is 6.56. The summed E-state index contributed by atoms with van der Waals surface area (Å²) in [6.07, 6.45) is 3.79. The van der Waals surface area contributed by atoms with Crippen LogP contribution in [0.3, 0.4) is 0 Å². The molecule has 0 amide bonds. The third kappa shape index (κ3) is 7.97. The molecule has 6 heteroatoms. The smallest absolute Gasteiger partial charge is 0.163 e. The number of hydrogen-bond donors (Lipinski definition) is 0. The van der Waals surface area contributed by atoms with Gasteiger partial charge in [0.05, 0.1) is 11.4 Å². The maximum atomic E-state index is 6.56. The number of aromatic nitrogens is 5. The van der Waals surface area contributed by atoms with Crippen LogP contribution in [0.4, 0.5) is 0 Å². The van der Waals surface area contributed by atoms with Crippen molar-refractivity contribution in [3.8, 4) is 56.5 Å². The summed E-state index contributed by atoms with van der Waals surface area (Å²) in [6, 6.07) is 27.1. The lowest BCUT2D eigenvalue weighted by Crippen LogP contribution is -2.24. The number of pyridine rings is 2. The summed E-state index contributed by atoms with van der Waals surface area (Å²) in [5.74, 6) is 3.84. The highest BCUT2D eigenvalue weighted by Crippen LogP contribution is 2.38. The summed E-state index contributed by atoms with van der Waals surface area (Å²) in [7, 11) is 0. The van der Waals surface area contributed by atoms with E-state index in [0.29, 0.717) is 5.82 Å². The van der Waals surface area contributed by atoms with Crippen LogP contribution in [0.1, 0.15) is 96.2 Å². The summed E-state index contributed by atoms with van der Waals surface area (Å²) in [6.45, 7) is 26.0. The Labute approximate surface area is 309 Å². The fourth-order valence-corrected chi connectivity index (χ4v) is 6.27. The molecule has 0 fully saturated rings. The molecule has 0 aliphatic rings. The van der Waals surface area contributed by atoms with Crippen LogP contribution in [0.25, 0.3) is 45.0 Å². The van der Waals surface area contributed by atoms with Crippen molar-refractivity contribution in [1.29, 1.82) is 0 Å². The molecule has 0 radical (unpaired) electrons. The Morgan fingerprint density at radius 3 is 1.75 bits per heavy atom. The average molecular weight is 690 g/mol. The third-order valence-corrected chi connectivity index (χ3v) is 9.24. The molecule has 0 N–H and O–H groups in total. The lowest BCUT2D eigenvalue weighted by Gasteiger charge is -2.23. The Hall–Kier alpha value is -5.23. The molecule has 0 atom stereocenters. The zero-order chi connectivity index (χ0) is 37.6. The van der Waals surface area contributed by atoms with Crippen LogP contribution in [0.15, 0.2) is 91.3 Å². The Kier molecular flexibility index (Phi) is 9.65. The normalized spacial score (nSPS) is 12.2. The molecule has 3 aromatic heterocycles. The first-order valence-electron chi connectivity index (χ1n) is 18.1. The molecule has 0 unspecified atom stereocenters. The van der Waals surface area contributed by atoms with E-state index in [4.69, 9.17) is 24.7 Å². The summed E-state index contributed by atoms with van der Waals surface area (Å²) < 4.78 is 6.56. The summed E-state index contributed by atoms with van der Waals surface area (Å²) in [5, 5.41) is 0. The van der Waals surface area contributed by atoms with E-state index in [1.54, 1.807) is 0 Å². The molecule has 0 aliphatic carbocycles. The minimum atomic E-state index is -0.201. The van der Waals surface area contributed by atoms with Gasteiger partial charge >= 0.3 is 0 Å². The van der Waals surface area contributed by atoms with Crippen molar-refractivity contribution >= 4 is 0 Å². The molecule has 6 rings (SSSR count). The van der Waals surface area contributed by atoms with Gasteiger partial charge in [-0.1, -0.05) is 80.5 Å². The van der Waals surface area contributed by atoms with Crippen molar-refractivity contribution in [2.24, 2.45) is 0 Å². The lowest BCUT2D eigenvalue weighted by atomic mass is 9.85. The van der Waals surface area contributed by atoms with E-state index in [2.05, 4.69) is 137 Å². The highest BCUT2D eigenvalue weighted by molar-refractivity contribution is 5.80. The molecular weight excluding hydrogens is 639 g/mol. The van der Waals surface area contributed by atoms with Gasteiger partial charge in [0, 0.05) is 39.9 Å². The monoisotopic (exact) mass is 689 g/mol. The van der Waals surface area contributed by atoms with Gasteiger partial charge in [0.1, 0.15) is 23.1 Å². The fourth-order valence-electron chi connectivity index (χ4n) is 6.27. The summed E-state index contributed by atoms with van der Waals surface area (Å²) in [4.78, 5) is 24.3. The third-order valence-electron chi connectivity index (χ3n) is 9.24. The average Bonchev–Trinajstić information content (AvgIpc) is 3.08. The van der Waals surface area contributed by atoms with Crippen LogP contribution >= 0.6 is 0 Å². The van der Waals surface area contributed by atoms with Gasteiger partial charge < -0.3 is 4.74 Å². The molecule has 0 saturated carbocycles. The Morgan fingerprint density at radius 2 is 1.15 bits per heavy atom. The van der Waals surface area contributed by atoms with Gasteiger partial charge in [-0.2, -0.15) is 0 Å². The van der Waals surface area contributed by atoms with Crippen LogP contribution in [-0.4, -0.2) is 24.9 Å². The van der Waals surface area contributed by atoms with E-state index in [9.17, 15) is 0 Å². The predicted molar refractivity (Wildman–Crippen MR) is 214 cm³/mol. The van der Waals surface area contributed by atoms with Gasteiger partial charge in [0.2, 0.25) is 0 Å². The van der Waals surface area contributed by atoms with Crippen molar-refractivity contribution in [2.75, 3.05) is 0 Å². The van der Waals surface area contributed by atoms with E-state index < -0.39 is 0 Å². The number of benzene rings is 3. The molecule has 6 nitrogen and oxygen atoms in total. The molecule has 0 aliphatic heterocycles. The standard InChI is InChI=1S/C46H51N5O/c1-28-20-33(41-49-42(45(7,8)9)51-43(50-41)46(10,11)12)21-29(2)40(28)37-26-39(48-27-30(37)3)31-16-15-17-35(23-31)52-36-24-32(38-18-13-14-19-47-38)22-34(25-36)44(4,5)6/h13-27H,1-12H3. The molecular formula is C46H51N5O. The first kappa shape index (κ1) is 36.6. The Bertz CT molecular complexity index is 2200. The fraction of sp³-hybridized carbons (Fsp3) is 0.326. The molecule has 0 bridgehead atoms. The molecule has 0 saturated heterocycles. The summed E-state index contributed by atoms with van der Waals surface area (Å²) in [5.41, 5.74) is 11.3. The van der Waals surface area contributed by atoms with E-state index in [-0.39, 0.29) is 16.2 Å². The zero-order valence-electron chi connectivity index (χ0n) is 32.8. The molecule has 52 heavy (non-hydrogen) atoms. The quantitative estimate of drug-likeness (QED) is 0.173. The second-order valence-corrected chi connectivity index (χ2v) is 17.0. The van der Waals surface area contributed by atoms with Gasteiger partial charge in [0.15, 0.2) is 5.82 Å². The van der Waals surface area contributed by atoms with Crippen molar-refractivity contribution in [3.63, 3.8) is 0 Å². The first-order chi connectivity index (χ1) is 24.4. The molecule has 266 valence electrons. The number of ether oxygens (including phenoxy) is 1. The van der Waals surface area contributed by atoms with Crippen LogP contribution in [-0.2, 0) is 16.2 Å². The van der Waals surface area contributed by atoms with Gasteiger partial charge in [-0.05, 0) is 120 Å². The van der Waals surface area contributed by atoms with Crippen LogP contribution < -0.4 is 4.74 Å². The van der Waals surface area contributed by atoms with Crippen molar-refractivity contribution in [3.05, 3.63) is 125 Å². The Balaban J connectivity index is 1.36. The van der Waals surface area contributed by atoms with E-state index in [1.807, 2.05) is 42.7 Å². The SMILES string of the molecule is Cc1cnc(-c2cccc(Oc3cc(-c4ccccn4)cc(C(C)(C)C)c3)c2)cc1-c1c(C)cc(-c2nc(C(C)(C)C)nc(C(C)(C)C)n2)cc1C. The maximum Gasteiger partial charge on any atom is 0.163 e. The number of hydrogen-bond acceptors (Lipinski definition) is 6. The first-order valence-corrected chi connectivity index (χ1v) is 18.1. The lowest BCUT2D eigenvalue weighted by molar-refractivity contribution is 0.479. The van der Waals surface area contributed by atoms with E-state index in [1.165, 1.54) is 11.1 Å². The second kappa shape index (κ2) is 13.7. The highest BCUT2D eigenvalue weighted by atomic mass is 16.5. The molecule has 3 aromatic carbocycles. The van der Waals surface area contributed by atoms with Crippen molar-refractivity contribution < 1.29 is 4.74 Å². The minimum Gasteiger partial charge on any atom is -0.457 e. The van der Waals surface area contributed by atoms with E-state index >= 15 is 0 Å². The van der Waals surface area contributed by atoms with Crippen molar-refractivity contribution in [1.82, 2.24) is 24.9 Å². The zero-order valence-corrected chi connectivity index (χ0v) is 32.8. The summed E-state index contributed by atoms with van der Waals surface area (Å²) >= 11 is 0. The van der Waals surface area contributed by atoms with Gasteiger partial charge in [0.25, 0.3) is 0 Å². The topological polar surface area (TPSA) is 73.7 Å². The second-order valence-electron chi connectivity index (χ2n) is 17.0. The molecule has 3 heterocycles. The predicted octanol–water partition coefficient (Wildman–Crippen LogP) is 11.9. The minimum absolute atomic E-state index is 0.0580. The van der Waals surface area contributed by atoms with Crippen molar-refractivity contribution in [2.45, 2.75) is 99.3 Å². The Morgan fingerprint density at radius 1 is 0.500 bits per heavy atom. The van der Waals surface area contributed by atoms with Crippen LogP contribution in [0.2, 0.25) is 0 Å². The molecule has 6 aromatic rings. The molecule has 0 spiro atoms. The largest absolute Gasteiger partial charge is 0.457 e. The number of aryl methyl sites for hydroxylation is 3. The number of nitrogens with zero attached hydrogens (tertiary/aromatic N) is 5. The van der Waals surface area contributed by atoms with Gasteiger partial charge in [-0.25, -0.2) is 15.0 Å².